The second-order valence-electron chi connectivity index (χ2n) is 3.63. The van der Waals surface area contributed by atoms with E-state index in [-0.39, 0.29) is 5.92 Å². The molecule has 0 aromatic carbocycles. The van der Waals surface area contributed by atoms with Gasteiger partial charge in [0.25, 0.3) is 0 Å². The lowest BCUT2D eigenvalue weighted by Crippen LogP contribution is -2.15. The van der Waals surface area contributed by atoms with Gasteiger partial charge in [-0.2, -0.15) is 0 Å². The van der Waals surface area contributed by atoms with Crippen LogP contribution < -0.4 is 0 Å². The van der Waals surface area contributed by atoms with Crippen molar-refractivity contribution in [3.63, 3.8) is 0 Å². The zero-order valence-electron chi connectivity index (χ0n) is 8.63. The Kier molecular flexibility index (Phi) is 6.05. The molecule has 74 valence electrons. The van der Waals surface area contributed by atoms with Crippen molar-refractivity contribution in [2.75, 3.05) is 0 Å². The molecule has 13 heavy (non-hydrogen) atoms. The Morgan fingerprint density at radius 2 is 2.08 bits per heavy atom. The van der Waals surface area contributed by atoms with Gasteiger partial charge >= 0.3 is 5.97 Å². The fourth-order valence-electron chi connectivity index (χ4n) is 1.28. The molecular weight excluding hydrogens is 164 g/mol. The predicted molar refractivity (Wildman–Crippen MR) is 53.3 cm³/mol. The summed E-state index contributed by atoms with van der Waals surface area (Å²) < 4.78 is 0. The van der Waals surface area contributed by atoms with E-state index in [4.69, 9.17) is 5.11 Å². The van der Waals surface area contributed by atoms with Crippen LogP contribution in [0.25, 0.3) is 0 Å². The highest BCUT2D eigenvalue weighted by atomic mass is 16.4. The molecular formula is C11H18O2. The van der Waals surface area contributed by atoms with Crippen LogP contribution in [0.4, 0.5) is 0 Å². The van der Waals surface area contributed by atoms with E-state index in [1.807, 2.05) is 13.8 Å². The van der Waals surface area contributed by atoms with Crippen molar-refractivity contribution in [1.82, 2.24) is 0 Å². The number of carboxylic acids is 1. The SMILES string of the molecule is CC#CCCC(CC(C)C)C(=O)O. The van der Waals surface area contributed by atoms with E-state index in [2.05, 4.69) is 11.8 Å². The minimum Gasteiger partial charge on any atom is -0.481 e. The lowest BCUT2D eigenvalue weighted by Gasteiger charge is -2.12. The summed E-state index contributed by atoms with van der Waals surface area (Å²) in [6, 6.07) is 0. The van der Waals surface area contributed by atoms with Crippen molar-refractivity contribution in [1.29, 1.82) is 0 Å². The number of carbonyl (C=O) groups is 1. The Morgan fingerprint density at radius 1 is 1.46 bits per heavy atom. The first kappa shape index (κ1) is 12.0. The standard InChI is InChI=1S/C11H18O2/c1-4-5-6-7-10(11(12)13)8-9(2)3/h9-10H,6-8H2,1-3H3,(H,12,13). The quantitative estimate of drug-likeness (QED) is 0.663. The maximum atomic E-state index is 10.8. The van der Waals surface area contributed by atoms with Crippen molar-refractivity contribution in [2.45, 2.75) is 40.0 Å². The van der Waals surface area contributed by atoms with E-state index in [1.54, 1.807) is 6.92 Å². The summed E-state index contributed by atoms with van der Waals surface area (Å²) in [5.74, 6) is 5.20. The summed E-state index contributed by atoms with van der Waals surface area (Å²) in [4.78, 5) is 10.8. The van der Waals surface area contributed by atoms with Crippen molar-refractivity contribution >= 4 is 5.97 Å². The number of hydrogen-bond donors (Lipinski definition) is 1. The molecule has 0 aromatic heterocycles. The lowest BCUT2D eigenvalue weighted by atomic mass is 9.93. The van der Waals surface area contributed by atoms with E-state index >= 15 is 0 Å². The Hall–Kier alpha value is -0.970. The Labute approximate surface area is 80.3 Å². The highest BCUT2D eigenvalue weighted by molar-refractivity contribution is 5.69. The van der Waals surface area contributed by atoms with Gasteiger partial charge in [-0.25, -0.2) is 0 Å². The highest BCUT2D eigenvalue weighted by Gasteiger charge is 2.17. The molecule has 0 amide bonds. The molecule has 0 spiro atoms. The fraction of sp³-hybridized carbons (Fsp3) is 0.727. The second-order valence-corrected chi connectivity index (χ2v) is 3.63. The van der Waals surface area contributed by atoms with Gasteiger partial charge in [0.05, 0.1) is 5.92 Å². The van der Waals surface area contributed by atoms with Crippen LogP contribution in [0.1, 0.15) is 40.0 Å². The van der Waals surface area contributed by atoms with Crippen LogP contribution in [0.2, 0.25) is 0 Å². The van der Waals surface area contributed by atoms with Gasteiger partial charge in [-0.3, -0.25) is 4.79 Å². The monoisotopic (exact) mass is 182 g/mol. The summed E-state index contributed by atoms with van der Waals surface area (Å²) in [7, 11) is 0. The molecule has 0 bridgehead atoms. The van der Waals surface area contributed by atoms with Gasteiger partial charge in [-0.15, -0.1) is 11.8 Å². The Bertz CT molecular complexity index is 208. The topological polar surface area (TPSA) is 37.3 Å². The molecule has 0 aromatic rings. The Balaban J connectivity index is 3.92. The fourth-order valence-corrected chi connectivity index (χ4v) is 1.28. The number of carboxylic acid groups (broad SMARTS) is 1. The molecule has 0 rings (SSSR count). The summed E-state index contributed by atoms with van der Waals surface area (Å²) in [5.41, 5.74) is 0. The minimum atomic E-state index is -0.688. The molecule has 1 atom stereocenters. The van der Waals surface area contributed by atoms with Gasteiger partial charge in [-0.1, -0.05) is 13.8 Å². The minimum absolute atomic E-state index is 0.221. The number of aliphatic carboxylic acids is 1. The van der Waals surface area contributed by atoms with Crippen LogP contribution in [0, 0.1) is 23.7 Å². The molecule has 0 saturated carbocycles. The normalized spacial score (nSPS) is 12.0. The van der Waals surface area contributed by atoms with E-state index in [0.717, 1.165) is 6.42 Å². The first-order chi connectivity index (χ1) is 6.07. The molecule has 0 fully saturated rings. The van der Waals surface area contributed by atoms with Crippen molar-refractivity contribution in [3.05, 3.63) is 0 Å². The van der Waals surface area contributed by atoms with Gasteiger partial charge < -0.3 is 5.11 Å². The summed E-state index contributed by atoms with van der Waals surface area (Å²) in [6.45, 7) is 5.86. The van der Waals surface area contributed by atoms with Crippen LogP contribution in [0.5, 0.6) is 0 Å². The Morgan fingerprint density at radius 3 is 2.46 bits per heavy atom. The molecule has 0 aliphatic carbocycles. The first-order valence-electron chi connectivity index (χ1n) is 4.70. The van der Waals surface area contributed by atoms with Crippen molar-refractivity contribution in [3.8, 4) is 11.8 Å². The average molecular weight is 182 g/mol. The average Bonchev–Trinajstić information content (AvgIpc) is 2.02. The van der Waals surface area contributed by atoms with Gasteiger partial charge in [0.2, 0.25) is 0 Å². The maximum Gasteiger partial charge on any atom is 0.306 e. The smallest absolute Gasteiger partial charge is 0.306 e. The molecule has 0 saturated heterocycles. The summed E-state index contributed by atoms with van der Waals surface area (Å²) >= 11 is 0. The van der Waals surface area contributed by atoms with E-state index in [9.17, 15) is 4.79 Å². The van der Waals surface area contributed by atoms with Gasteiger partial charge in [0.15, 0.2) is 0 Å². The third-order valence-electron chi connectivity index (χ3n) is 1.90. The molecule has 1 N–H and O–H groups in total. The van der Waals surface area contributed by atoms with E-state index in [0.29, 0.717) is 18.8 Å². The van der Waals surface area contributed by atoms with Crippen molar-refractivity contribution < 1.29 is 9.90 Å². The third-order valence-corrected chi connectivity index (χ3v) is 1.90. The van der Waals surface area contributed by atoms with Crippen LogP contribution in [-0.4, -0.2) is 11.1 Å². The zero-order chi connectivity index (χ0) is 10.3. The molecule has 2 heteroatoms. The van der Waals surface area contributed by atoms with Crippen molar-refractivity contribution in [2.24, 2.45) is 11.8 Å². The van der Waals surface area contributed by atoms with Crippen LogP contribution >= 0.6 is 0 Å². The number of hydrogen-bond acceptors (Lipinski definition) is 1. The van der Waals surface area contributed by atoms with E-state index < -0.39 is 5.97 Å². The summed E-state index contributed by atoms with van der Waals surface area (Å²) in [6.07, 6.45) is 2.12. The molecule has 0 aliphatic rings. The van der Waals surface area contributed by atoms with Crippen LogP contribution in [-0.2, 0) is 4.79 Å². The molecule has 0 radical (unpaired) electrons. The summed E-state index contributed by atoms with van der Waals surface area (Å²) in [5, 5.41) is 8.87. The first-order valence-corrected chi connectivity index (χ1v) is 4.70. The number of rotatable bonds is 5. The second kappa shape index (κ2) is 6.54. The van der Waals surface area contributed by atoms with Crippen LogP contribution in [0.15, 0.2) is 0 Å². The molecule has 1 unspecified atom stereocenters. The van der Waals surface area contributed by atoms with Gasteiger partial charge in [0, 0.05) is 6.42 Å². The molecule has 0 heterocycles. The highest BCUT2D eigenvalue weighted by Crippen LogP contribution is 2.16. The third kappa shape index (κ3) is 6.21. The van der Waals surface area contributed by atoms with Gasteiger partial charge in [0.1, 0.15) is 0 Å². The molecule has 0 aliphatic heterocycles. The van der Waals surface area contributed by atoms with Crippen LogP contribution in [0.3, 0.4) is 0 Å². The van der Waals surface area contributed by atoms with Gasteiger partial charge in [-0.05, 0) is 25.7 Å². The zero-order valence-corrected chi connectivity index (χ0v) is 8.63. The molecule has 2 nitrogen and oxygen atoms in total. The lowest BCUT2D eigenvalue weighted by molar-refractivity contribution is -0.142. The largest absolute Gasteiger partial charge is 0.481 e. The van der Waals surface area contributed by atoms with E-state index in [1.165, 1.54) is 0 Å². The predicted octanol–water partition coefficient (Wildman–Crippen LogP) is 2.54. The maximum absolute atomic E-state index is 10.8.